The zero-order valence-electron chi connectivity index (χ0n) is 18.8. The second-order valence-corrected chi connectivity index (χ2v) is 10.6. The van der Waals surface area contributed by atoms with E-state index >= 15 is 0 Å². The number of amides is 2. The molecule has 0 bridgehead atoms. The number of nitrogens with one attached hydrogen (secondary N) is 2. The second kappa shape index (κ2) is 9.00. The van der Waals surface area contributed by atoms with Crippen molar-refractivity contribution >= 4 is 33.2 Å². The number of anilines is 3. The van der Waals surface area contributed by atoms with Crippen LogP contribution in [0.3, 0.4) is 0 Å². The first-order chi connectivity index (χ1) is 17.3. The predicted molar refractivity (Wildman–Crippen MR) is 133 cm³/mol. The summed E-state index contributed by atoms with van der Waals surface area (Å²) < 4.78 is 38.9. The van der Waals surface area contributed by atoms with Gasteiger partial charge in [0.2, 0.25) is 0 Å². The van der Waals surface area contributed by atoms with Crippen molar-refractivity contribution in [1.29, 1.82) is 0 Å². The lowest BCUT2D eigenvalue weighted by molar-refractivity contribution is 0.262. The molecular weight excluding hydrogens is 483 g/mol. The Hall–Kier alpha value is -4.38. The minimum atomic E-state index is -3.83. The number of hydrogen-bond donors (Lipinski definition) is 3. The molecule has 2 amide bonds. The molecule has 11 heteroatoms. The van der Waals surface area contributed by atoms with Crippen molar-refractivity contribution in [2.75, 3.05) is 16.4 Å². The third-order valence-electron chi connectivity index (χ3n) is 5.86. The van der Waals surface area contributed by atoms with E-state index in [0.29, 0.717) is 35.6 Å². The van der Waals surface area contributed by atoms with E-state index in [2.05, 4.69) is 25.6 Å². The van der Waals surface area contributed by atoms with Crippen molar-refractivity contribution in [2.24, 2.45) is 0 Å². The zero-order chi connectivity index (χ0) is 25.3. The van der Waals surface area contributed by atoms with Crippen LogP contribution in [-0.4, -0.2) is 29.4 Å². The number of urea groups is 1. The van der Waals surface area contributed by atoms with Gasteiger partial charge in [0.05, 0.1) is 10.6 Å². The first-order valence-electron chi connectivity index (χ1n) is 11.0. The van der Waals surface area contributed by atoms with E-state index in [9.17, 15) is 17.6 Å². The Morgan fingerprint density at radius 1 is 0.944 bits per heavy atom. The highest BCUT2D eigenvalue weighted by molar-refractivity contribution is 7.92. The molecule has 1 saturated carbocycles. The van der Waals surface area contributed by atoms with Gasteiger partial charge in [-0.25, -0.2) is 32.6 Å². The normalized spacial score (nSPS) is 14.1. The lowest BCUT2D eigenvalue weighted by Crippen LogP contribution is -2.23. The number of nitrogens with zero attached hydrogens (tertiary/aromatic N) is 3. The maximum absolute atomic E-state index is 13.4. The smallest absolute Gasteiger partial charge is 0.324 e. The third-order valence-corrected chi connectivity index (χ3v) is 8.40. The molecule has 5 rings (SSSR count). The van der Waals surface area contributed by atoms with Crippen LogP contribution in [0.5, 0.6) is 0 Å². The highest BCUT2D eigenvalue weighted by Crippen LogP contribution is 2.54. The van der Waals surface area contributed by atoms with Crippen LogP contribution in [0.4, 0.5) is 26.5 Å². The summed E-state index contributed by atoms with van der Waals surface area (Å²) in [6, 6.07) is 17.7. The highest BCUT2D eigenvalue weighted by Gasteiger charge is 2.57. The van der Waals surface area contributed by atoms with E-state index in [0.717, 1.165) is 12.1 Å². The number of pyridine rings is 1. The summed E-state index contributed by atoms with van der Waals surface area (Å²) in [6.45, 7) is 0. The molecule has 0 saturated heterocycles. The lowest BCUT2D eigenvalue weighted by Gasteiger charge is -2.17. The SMILES string of the molecule is Nc1cc(C2(S(=O)(=O)c3ccc(F)cc3)CC2)nc(-c2ccc(NC(=O)Nc3ccccn3)cc2)n1. The molecule has 0 aliphatic heterocycles. The van der Waals surface area contributed by atoms with Crippen molar-refractivity contribution in [3.05, 3.63) is 90.5 Å². The summed E-state index contributed by atoms with van der Waals surface area (Å²) in [5, 5.41) is 5.33. The zero-order valence-corrected chi connectivity index (χ0v) is 19.7. The van der Waals surface area contributed by atoms with E-state index in [-0.39, 0.29) is 16.5 Å². The first-order valence-corrected chi connectivity index (χ1v) is 12.5. The Morgan fingerprint density at radius 3 is 2.31 bits per heavy atom. The number of carbonyl (C=O) groups excluding carboxylic acids is 1. The summed E-state index contributed by atoms with van der Waals surface area (Å²) in [6.07, 6.45) is 2.31. The van der Waals surface area contributed by atoms with Crippen LogP contribution < -0.4 is 16.4 Å². The number of carbonyl (C=O) groups is 1. The van der Waals surface area contributed by atoms with Gasteiger partial charge in [-0.05, 0) is 73.5 Å². The fraction of sp³-hybridized carbons (Fsp3) is 0.120. The maximum Gasteiger partial charge on any atom is 0.324 e. The molecule has 2 aromatic heterocycles. The topological polar surface area (TPSA) is 140 Å². The quantitative estimate of drug-likeness (QED) is 0.331. The number of hydrogen-bond acceptors (Lipinski definition) is 7. The number of benzene rings is 2. The average Bonchev–Trinajstić information content (AvgIpc) is 3.68. The van der Waals surface area contributed by atoms with Crippen molar-refractivity contribution in [1.82, 2.24) is 15.0 Å². The first kappa shape index (κ1) is 23.4. The largest absolute Gasteiger partial charge is 0.384 e. The molecule has 0 unspecified atom stereocenters. The van der Waals surface area contributed by atoms with Crippen LogP contribution in [0, 0.1) is 5.82 Å². The van der Waals surface area contributed by atoms with E-state index in [1.807, 2.05) is 0 Å². The number of nitrogen functional groups attached to an aromatic ring is 1. The standard InChI is InChI=1S/C25H21FN6O3S/c26-17-6-10-19(11-7-17)36(34,35)25(12-13-25)20-15-21(27)31-23(30-20)16-4-8-18(9-5-16)29-24(33)32-22-3-1-2-14-28-22/h1-11,14-15H,12-13H2,(H2,27,30,31)(H2,28,29,32,33). The number of aromatic nitrogens is 3. The van der Waals surface area contributed by atoms with Gasteiger partial charge >= 0.3 is 6.03 Å². The highest BCUT2D eigenvalue weighted by atomic mass is 32.2. The molecule has 0 radical (unpaired) electrons. The summed E-state index contributed by atoms with van der Waals surface area (Å²) in [5.41, 5.74) is 7.44. The molecule has 0 atom stereocenters. The number of halogens is 1. The Balaban J connectivity index is 1.38. The van der Waals surface area contributed by atoms with Gasteiger partial charge in [-0.2, -0.15) is 0 Å². The Morgan fingerprint density at radius 2 is 1.67 bits per heavy atom. The Bertz CT molecular complexity index is 1520. The molecule has 4 N–H and O–H groups in total. The molecular formula is C25H21FN6O3S. The molecule has 9 nitrogen and oxygen atoms in total. The predicted octanol–water partition coefficient (Wildman–Crippen LogP) is 4.37. The summed E-state index contributed by atoms with van der Waals surface area (Å²) in [4.78, 5) is 25.1. The Labute approximate surface area is 206 Å². The van der Waals surface area contributed by atoms with E-state index < -0.39 is 26.4 Å². The molecule has 4 aromatic rings. The molecule has 1 aliphatic rings. The van der Waals surface area contributed by atoms with Crippen molar-refractivity contribution in [2.45, 2.75) is 22.5 Å². The third kappa shape index (κ3) is 4.48. The van der Waals surface area contributed by atoms with Crippen LogP contribution >= 0.6 is 0 Å². The van der Waals surface area contributed by atoms with Gasteiger partial charge in [0.1, 0.15) is 22.2 Å². The van der Waals surface area contributed by atoms with Gasteiger partial charge < -0.3 is 11.1 Å². The van der Waals surface area contributed by atoms with E-state index in [4.69, 9.17) is 5.73 Å². The van der Waals surface area contributed by atoms with Gasteiger partial charge in [-0.3, -0.25) is 5.32 Å². The molecule has 1 fully saturated rings. The fourth-order valence-corrected chi connectivity index (χ4v) is 5.83. The van der Waals surface area contributed by atoms with Crippen LogP contribution in [0.2, 0.25) is 0 Å². The number of rotatable bonds is 6. The van der Waals surface area contributed by atoms with Crippen LogP contribution in [-0.2, 0) is 14.6 Å². The number of nitrogens with two attached hydrogens (primary N) is 1. The summed E-state index contributed by atoms with van der Waals surface area (Å²) in [5.74, 6) is 0.291. The van der Waals surface area contributed by atoms with Gasteiger partial charge in [-0.1, -0.05) is 6.07 Å². The number of sulfone groups is 1. The van der Waals surface area contributed by atoms with Gasteiger partial charge in [0.25, 0.3) is 0 Å². The lowest BCUT2D eigenvalue weighted by atomic mass is 10.1. The molecule has 2 aromatic carbocycles. The average molecular weight is 505 g/mol. The van der Waals surface area contributed by atoms with Gasteiger partial charge in [-0.15, -0.1) is 0 Å². The molecule has 182 valence electrons. The fourth-order valence-electron chi connectivity index (χ4n) is 3.86. The van der Waals surface area contributed by atoms with Crippen molar-refractivity contribution < 1.29 is 17.6 Å². The minimum absolute atomic E-state index is 0.0274. The Kier molecular flexibility index (Phi) is 5.84. The monoisotopic (exact) mass is 504 g/mol. The molecule has 0 spiro atoms. The van der Waals surface area contributed by atoms with Crippen molar-refractivity contribution in [3.63, 3.8) is 0 Å². The summed E-state index contributed by atoms with van der Waals surface area (Å²) in [7, 11) is -3.83. The summed E-state index contributed by atoms with van der Waals surface area (Å²) >= 11 is 0. The van der Waals surface area contributed by atoms with E-state index in [1.165, 1.54) is 18.2 Å². The second-order valence-electron chi connectivity index (χ2n) is 8.32. The maximum atomic E-state index is 13.4. The van der Waals surface area contributed by atoms with Gasteiger partial charge in [0.15, 0.2) is 15.7 Å². The van der Waals surface area contributed by atoms with Crippen LogP contribution in [0.1, 0.15) is 18.5 Å². The van der Waals surface area contributed by atoms with Crippen LogP contribution in [0.25, 0.3) is 11.4 Å². The van der Waals surface area contributed by atoms with E-state index in [1.54, 1.807) is 48.7 Å². The molecule has 36 heavy (non-hydrogen) atoms. The molecule has 2 heterocycles. The van der Waals surface area contributed by atoms with Gasteiger partial charge in [0, 0.05) is 23.5 Å². The van der Waals surface area contributed by atoms with Crippen LogP contribution in [0.15, 0.2) is 83.9 Å². The molecule has 1 aliphatic carbocycles. The van der Waals surface area contributed by atoms with Crippen molar-refractivity contribution in [3.8, 4) is 11.4 Å². The minimum Gasteiger partial charge on any atom is -0.384 e.